The van der Waals surface area contributed by atoms with E-state index >= 15 is 0 Å². The van der Waals surface area contributed by atoms with E-state index < -0.39 is 10.0 Å². The minimum Gasteiger partial charge on any atom is -0.370 e. The van der Waals surface area contributed by atoms with Gasteiger partial charge in [0.15, 0.2) is 0 Å². The Balaban J connectivity index is 1.72. The molecule has 2 aromatic rings. The van der Waals surface area contributed by atoms with Crippen LogP contribution in [0.15, 0.2) is 35.2 Å². The highest BCUT2D eigenvalue weighted by Crippen LogP contribution is 2.21. The molecule has 1 aromatic carbocycles. The van der Waals surface area contributed by atoms with Gasteiger partial charge in [0, 0.05) is 44.5 Å². The van der Waals surface area contributed by atoms with Gasteiger partial charge in [0.1, 0.15) is 5.82 Å². The number of piperazine rings is 1. The first-order valence-electron chi connectivity index (χ1n) is 8.81. The number of aromatic nitrogens is 2. The summed E-state index contributed by atoms with van der Waals surface area (Å²) in [7, 11) is -3.46. The highest BCUT2D eigenvalue weighted by Gasteiger charge is 2.29. The summed E-state index contributed by atoms with van der Waals surface area (Å²) in [4.78, 5) is 11.4. The molecular weight excluding hydrogens is 350 g/mol. The monoisotopic (exact) mass is 375 g/mol. The van der Waals surface area contributed by atoms with Crippen molar-refractivity contribution < 1.29 is 8.42 Å². The number of benzene rings is 1. The number of hydrogen-bond acceptors (Lipinski definition) is 6. The van der Waals surface area contributed by atoms with Crippen LogP contribution in [0.2, 0.25) is 0 Å². The molecular formula is C18H25N5O2S. The lowest BCUT2D eigenvalue weighted by atomic mass is 10.2. The molecule has 26 heavy (non-hydrogen) atoms. The summed E-state index contributed by atoms with van der Waals surface area (Å²) in [5.41, 5.74) is 1.93. The second kappa shape index (κ2) is 7.59. The molecule has 1 saturated heterocycles. The van der Waals surface area contributed by atoms with Crippen LogP contribution in [0.3, 0.4) is 0 Å². The molecule has 1 aliphatic rings. The van der Waals surface area contributed by atoms with Crippen LogP contribution in [0, 0.1) is 13.8 Å². The summed E-state index contributed by atoms with van der Waals surface area (Å²) in [6.07, 6.45) is 0. The molecule has 1 N–H and O–H groups in total. The number of sulfonamides is 1. The first-order valence-corrected chi connectivity index (χ1v) is 10.3. The van der Waals surface area contributed by atoms with Crippen molar-refractivity contribution in [2.24, 2.45) is 0 Å². The average Bonchev–Trinajstić information content (AvgIpc) is 2.62. The van der Waals surface area contributed by atoms with Crippen LogP contribution in [-0.4, -0.2) is 55.4 Å². The third-order valence-electron chi connectivity index (χ3n) is 4.38. The van der Waals surface area contributed by atoms with Crippen molar-refractivity contribution in [1.29, 1.82) is 0 Å². The molecule has 8 heteroatoms. The molecule has 3 rings (SSSR count). The summed E-state index contributed by atoms with van der Waals surface area (Å²) in [5.74, 6) is 1.44. The highest BCUT2D eigenvalue weighted by molar-refractivity contribution is 7.89. The predicted octanol–water partition coefficient (Wildman–Crippen LogP) is 2.04. The molecule has 0 bridgehead atoms. The summed E-state index contributed by atoms with van der Waals surface area (Å²) >= 11 is 0. The van der Waals surface area contributed by atoms with Crippen molar-refractivity contribution >= 4 is 21.8 Å². The summed E-state index contributed by atoms with van der Waals surface area (Å²) < 4.78 is 27.1. The number of nitrogens with one attached hydrogen (secondary N) is 1. The van der Waals surface area contributed by atoms with Crippen LogP contribution < -0.4 is 10.2 Å². The predicted molar refractivity (Wildman–Crippen MR) is 103 cm³/mol. The number of anilines is 2. The van der Waals surface area contributed by atoms with Gasteiger partial charge in [-0.15, -0.1) is 0 Å². The van der Waals surface area contributed by atoms with Gasteiger partial charge in [-0.2, -0.15) is 9.29 Å². The topological polar surface area (TPSA) is 78.4 Å². The van der Waals surface area contributed by atoms with Crippen LogP contribution in [0.5, 0.6) is 0 Å². The zero-order chi connectivity index (χ0) is 18.7. The standard InChI is InChI=1S/C18H25N5O2S/c1-4-19-17-13-15(3)20-18(21-17)22-9-11-23(12-10-22)26(24,25)16-7-5-14(2)6-8-16/h5-8,13H,4,9-12H2,1-3H3,(H,19,20,21). The van der Waals surface area contributed by atoms with E-state index in [2.05, 4.69) is 15.3 Å². The first kappa shape index (κ1) is 18.6. The molecule has 0 radical (unpaired) electrons. The van der Waals surface area contributed by atoms with Gasteiger partial charge >= 0.3 is 0 Å². The third-order valence-corrected chi connectivity index (χ3v) is 6.29. The molecule has 1 aromatic heterocycles. The molecule has 1 fully saturated rings. The maximum absolute atomic E-state index is 12.8. The molecule has 0 saturated carbocycles. The van der Waals surface area contributed by atoms with E-state index in [0.717, 1.165) is 23.6 Å². The van der Waals surface area contributed by atoms with Crippen LogP contribution in [0.1, 0.15) is 18.2 Å². The fourth-order valence-electron chi connectivity index (χ4n) is 2.95. The summed E-state index contributed by atoms with van der Waals surface area (Å²) in [6.45, 7) is 8.67. The number of rotatable bonds is 5. The summed E-state index contributed by atoms with van der Waals surface area (Å²) in [5, 5.41) is 3.20. The third kappa shape index (κ3) is 3.96. The van der Waals surface area contributed by atoms with E-state index in [0.29, 0.717) is 37.0 Å². The van der Waals surface area contributed by atoms with Crippen molar-refractivity contribution in [3.8, 4) is 0 Å². The lowest BCUT2D eigenvalue weighted by Crippen LogP contribution is -2.49. The van der Waals surface area contributed by atoms with Gasteiger partial charge in [-0.1, -0.05) is 17.7 Å². The zero-order valence-electron chi connectivity index (χ0n) is 15.4. The van der Waals surface area contributed by atoms with Crippen LogP contribution >= 0.6 is 0 Å². The van der Waals surface area contributed by atoms with Crippen molar-refractivity contribution in [3.63, 3.8) is 0 Å². The molecule has 2 heterocycles. The Morgan fingerprint density at radius 3 is 2.31 bits per heavy atom. The Bertz CT molecular complexity index is 860. The van der Waals surface area contributed by atoms with Crippen LogP contribution in [-0.2, 0) is 10.0 Å². The minimum absolute atomic E-state index is 0.345. The van der Waals surface area contributed by atoms with Gasteiger partial charge < -0.3 is 10.2 Å². The van der Waals surface area contributed by atoms with Crippen molar-refractivity contribution in [1.82, 2.24) is 14.3 Å². The normalized spacial score (nSPS) is 15.9. The molecule has 0 spiro atoms. The molecule has 7 nitrogen and oxygen atoms in total. The average molecular weight is 375 g/mol. The van der Waals surface area contributed by atoms with E-state index in [-0.39, 0.29) is 0 Å². The van der Waals surface area contributed by atoms with Gasteiger partial charge in [0.2, 0.25) is 16.0 Å². The summed E-state index contributed by atoms with van der Waals surface area (Å²) in [6, 6.07) is 8.90. The smallest absolute Gasteiger partial charge is 0.243 e. The van der Waals surface area contributed by atoms with Crippen molar-refractivity contribution in [3.05, 3.63) is 41.6 Å². The zero-order valence-corrected chi connectivity index (χ0v) is 16.3. The fourth-order valence-corrected chi connectivity index (χ4v) is 4.38. The Kier molecular flexibility index (Phi) is 5.43. The van der Waals surface area contributed by atoms with Gasteiger partial charge in [-0.25, -0.2) is 13.4 Å². The van der Waals surface area contributed by atoms with Gasteiger partial charge in [0.05, 0.1) is 4.90 Å². The van der Waals surface area contributed by atoms with E-state index in [4.69, 9.17) is 0 Å². The van der Waals surface area contributed by atoms with Crippen LogP contribution in [0.4, 0.5) is 11.8 Å². The van der Waals surface area contributed by atoms with Gasteiger partial charge in [-0.3, -0.25) is 0 Å². The van der Waals surface area contributed by atoms with E-state index in [9.17, 15) is 8.42 Å². The molecule has 0 amide bonds. The Hall–Kier alpha value is -2.19. The van der Waals surface area contributed by atoms with Crippen molar-refractivity contribution in [2.75, 3.05) is 42.9 Å². The largest absolute Gasteiger partial charge is 0.370 e. The number of nitrogens with zero attached hydrogens (tertiary/aromatic N) is 4. The quantitative estimate of drug-likeness (QED) is 0.862. The van der Waals surface area contributed by atoms with Crippen LogP contribution in [0.25, 0.3) is 0 Å². The second-order valence-corrected chi connectivity index (χ2v) is 8.37. The second-order valence-electron chi connectivity index (χ2n) is 6.43. The lowest BCUT2D eigenvalue weighted by Gasteiger charge is -2.34. The first-order chi connectivity index (χ1) is 12.4. The maximum Gasteiger partial charge on any atom is 0.243 e. The van der Waals surface area contributed by atoms with E-state index in [1.165, 1.54) is 4.31 Å². The van der Waals surface area contributed by atoms with Gasteiger partial charge in [0.25, 0.3) is 0 Å². The Morgan fingerprint density at radius 2 is 1.69 bits per heavy atom. The molecule has 1 aliphatic heterocycles. The Morgan fingerprint density at radius 1 is 1.04 bits per heavy atom. The number of hydrogen-bond donors (Lipinski definition) is 1. The molecule has 0 atom stereocenters. The highest BCUT2D eigenvalue weighted by atomic mass is 32.2. The Labute approximate surface area is 155 Å². The van der Waals surface area contributed by atoms with E-state index in [1.807, 2.05) is 43.9 Å². The van der Waals surface area contributed by atoms with Gasteiger partial charge in [-0.05, 0) is 32.9 Å². The maximum atomic E-state index is 12.8. The number of aryl methyl sites for hydroxylation is 2. The van der Waals surface area contributed by atoms with Crippen molar-refractivity contribution in [2.45, 2.75) is 25.7 Å². The molecule has 0 unspecified atom stereocenters. The molecule has 0 aliphatic carbocycles. The van der Waals surface area contributed by atoms with E-state index in [1.54, 1.807) is 12.1 Å². The lowest BCUT2D eigenvalue weighted by molar-refractivity contribution is 0.382. The fraction of sp³-hybridized carbons (Fsp3) is 0.444. The molecule has 140 valence electrons. The SMILES string of the molecule is CCNc1cc(C)nc(N2CCN(S(=O)(=O)c3ccc(C)cc3)CC2)n1. The minimum atomic E-state index is -3.46.